The van der Waals surface area contributed by atoms with Crippen molar-refractivity contribution in [1.29, 1.82) is 0 Å². The van der Waals surface area contributed by atoms with E-state index in [9.17, 15) is 0 Å². The first-order chi connectivity index (χ1) is 6.77. The molecule has 0 aromatic rings. The van der Waals surface area contributed by atoms with Crippen LogP contribution in [0, 0.1) is 5.92 Å². The molecule has 2 unspecified atom stereocenters. The zero-order chi connectivity index (χ0) is 10.4. The summed E-state index contributed by atoms with van der Waals surface area (Å²) in [6.07, 6.45) is 4.38. The van der Waals surface area contributed by atoms with Crippen LogP contribution in [-0.4, -0.2) is 19.3 Å². The quantitative estimate of drug-likeness (QED) is 0.401. The summed E-state index contributed by atoms with van der Waals surface area (Å²) in [7, 11) is 0. The average molecular weight is 198 g/mol. The van der Waals surface area contributed by atoms with E-state index in [-0.39, 0.29) is 0 Å². The fourth-order valence-corrected chi connectivity index (χ4v) is 1.90. The molecule has 1 fully saturated rings. The van der Waals surface area contributed by atoms with E-state index in [0.717, 1.165) is 32.5 Å². The molecule has 0 aromatic carbocycles. The molecule has 14 heavy (non-hydrogen) atoms. The lowest BCUT2D eigenvalue weighted by molar-refractivity contribution is 0.0392. The Kier molecular flexibility index (Phi) is 5.15. The maximum atomic E-state index is 5.56. The van der Waals surface area contributed by atoms with Gasteiger partial charge in [-0.1, -0.05) is 19.1 Å². The zero-order valence-electron chi connectivity index (χ0n) is 9.09. The highest BCUT2D eigenvalue weighted by molar-refractivity contribution is 4.98. The summed E-state index contributed by atoms with van der Waals surface area (Å²) in [5.74, 6) is 6.11. The van der Waals surface area contributed by atoms with Crippen LogP contribution in [0.5, 0.6) is 0 Å². The minimum atomic E-state index is 0.336. The molecule has 1 aliphatic heterocycles. The van der Waals surface area contributed by atoms with Gasteiger partial charge in [-0.3, -0.25) is 11.3 Å². The Morgan fingerprint density at radius 3 is 3.00 bits per heavy atom. The van der Waals surface area contributed by atoms with Gasteiger partial charge in [0, 0.05) is 12.6 Å². The maximum absolute atomic E-state index is 5.56. The van der Waals surface area contributed by atoms with Crippen molar-refractivity contribution in [3.63, 3.8) is 0 Å². The summed E-state index contributed by atoms with van der Waals surface area (Å²) in [6.45, 7) is 7.90. The van der Waals surface area contributed by atoms with Gasteiger partial charge in [-0.25, -0.2) is 0 Å². The van der Waals surface area contributed by atoms with Crippen LogP contribution < -0.4 is 11.3 Å². The fraction of sp³-hybridized carbons (Fsp3) is 0.818. The summed E-state index contributed by atoms with van der Waals surface area (Å²) >= 11 is 0. The van der Waals surface area contributed by atoms with E-state index in [2.05, 4.69) is 18.9 Å². The van der Waals surface area contributed by atoms with Crippen LogP contribution in [0.25, 0.3) is 0 Å². The van der Waals surface area contributed by atoms with Crippen LogP contribution in [0.1, 0.15) is 32.6 Å². The first-order valence-corrected chi connectivity index (χ1v) is 5.48. The zero-order valence-corrected chi connectivity index (χ0v) is 9.09. The topological polar surface area (TPSA) is 47.3 Å². The highest BCUT2D eigenvalue weighted by Gasteiger charge is 2.23. The first-order valence-electron chi connectivity index (χ1n) is 5.48. The third-order valence-electron chi connectivity index (χ3n) is 2.99. The van der Waals surface area contributed by atoms with Gasteiger partial charge in [0.05, 0.1) is 6.61 Å². The summed E-state index contributed by atoms with van der Waals surface area (Å²) < 4.78 is 5.45. The molecule has 1 rings (SSSR count). The Bertz CT molecular complexity index is 176. The maximum Gasteiger partial charge on any atom is 0.0509 e. The lowest BCUT2D eigenvalue weighted by Gasteiger charge is -2.30. The third kappa shape index (κ3) is 3.40. The molecule has 1 heterocycles. The lowest BCUT2D eigenvalue weighted by atomic mass is 9.89. The summed E-state index contributed by atoms with van der Waals surface area (Å²) in [4.78, 5) is 0. The highest BCUT2D eigenvalue weighted by atomic mass is 16.5. The van der Waals surface area contributed by atoms with Gasteiger partial charge in [0.2, 0.25) is 0 Å². The van der Waals surface area contributed by atoms with Gasteiger partial charge in [0.15, 0.2) is 0 Å². The van der Waals surface area contributed by atoms with Gasteiger partial charge in [-0.15, -0.1) is 0 Å². The van der Waals surface area contributed by atoms with Gasteiger partial charge in [-0.05, 0) is 31.6 Å². The van der Waals surface area contributed by atoms with Crippen LogP contribution in [0.2, 0.25) is 0 Å². The van der Waals surface area contributed by atoms with Gasteiger partial charge < -0.3 is 4.74 Å². The molecule has 0 aliphatic carbocycles. The number of nitrogens with two attached hydrogens (primary N) is 1. The van der Waals surface area contributed by atoms with Gasteiger partial charge in [0.1, 0.15) is 0 Å². The van der Waals surface area contributed by atoms with Gasteiger partial charge >= 0.3 is 0 Å². The predicted octanol–water partition coefficient (Wildman–Crippen LogP) is 1.60. The van der Waals surface area contributed by atoms with Crippen molar-refractivity contribution in [3.05, 3.63) is 12.2 Å². The van der Waals surface area contributed by atoms with Crippen molar-refractivity contribution < 1.29 is 4.74 Å². The number of nitrogens with one attached hydrogen (secondary N) is 1. The number of hydrazine groups is 1. The Balaban J connectivity index is 2.39. The van der Waals surface area contributed by atoms with Crippen LogP contribution in [0.4, 0.5) is 0 Å². The Hall–Kier alpha value is -0.380. The summed E-state index contributed by atoms with van der Waals surface area (Å²) in [6, 6.07) is 0.336. The van der Waals surface area contributed by atoms with Crippen molar-refractivity contribution in [2.24, 2.45) is 11.8 Å². The molecular weight excluding hydrogens is 176 g/mol. The molecule has 0 spiro atoms. The molecule has 0 radical (unpaired) electrons. The van der Waals surface area contributed by atoms with Gasteiger partial charge in [-0.2, -0.15) is 0 Å². The monoisotopic (exact) mass is 198 g/mol. The second-order valence-corrected chi connectivity index (χ2v) is 4.06. The van der Waals surface area contributed by atoms with Crippen LogP contribution in [0.15, 0.2) is 12.2 Å². The van der Waals surface area contributed by atoms with E-state index in [1.165, 1.54) is 12.0 Å². The SMILES string of the molecule is C=C(CC)CC(NN)C1CCCOC1. The van der Waals surface area contributed by atoms with E-state index in [4.69, 9.17) is 10.6 Å². The summed E-state index contributed by atoms with van der Waals surface area (Å²) in [5.41, 5.74) is 4.16. The van der Waals surface area contributed by atoms with Crippen molar-refractivity contribution in [1.82, 2.24) is 5.43 Å². The minimum absolute atomic E-state index is 0.336. The summed E-state index contributed by atoms with van der Waals surface area (Å²) in [5, 5.41) is 0. The number of rotatable bonds is 5. The number of hydrogen-bond donors (Lipinski definition) is 2. The second-order valence-electron chi connectivity index (χ2n) is 4.06. The molecule has 82 valence electrons. The highest BCUT2D eigenvalue weighted by Crippen LogP contribution is 2.21. The van der Waals surface area contributed by atoms with E-state index >= 15 is 0 Å². The lowest BCUT2D eigenvalue weighted by Crippen LogP contribution is -2.44. The Labute approximate surface area is 86.7 Å². The molecule has 1 saturated heterocycles. The van der Waals surface area contributed by atoms with E-state index < -0.39 is 0 Å². The molecule has 0 amide bonds. The Morgan fingerprint density at radius 1 is 1.71 bits per heavy atom. The normalized spacial score (nSPS) is 24.6. The third-order valence-corrected chi connectivity index (χ3v) is 2.99. The molecule has 2 atom stereocenters. The van der Waals surface area contributed by atoms with Crippen molar-refractivity contribution in [2.75, 3.05) is 13.2 Å². The van der Waals surface area contributed by atoms with E-state index in [0.29, 0.717) is 12.0 Å². The smallest absolute Gasteiger partial charge is 0.0509 e. The molecular formula is C11H22N2O. The van der Waals surface area contributed by atoms with Crippen LogP contribution >= 0.6 is 0 Å². The molecule has 3 heteroatoms. The van der Waals surface area contributed by atoms with Gasteiger partial charge in [0.25, 0.3) is 0 Å². The first kappa shape index (κ1) is 11.7. The fourth-order valence-electron chi connectivity index (χ4n) is 1.90. The average Bonchev–Trinajstić information content (AvgIpc) is 2.26. The molecule has 0 saturated carbocycles. The van der Waals surface area contributed by atoms with Crippen LogP contribution in [-0.2, 0) is 4.74 Å². The predicted molar refractivity (Wildman–Crippen MR) is 58.7 cm³/mol. The Morgan fingerprint density at radius 2 is 2.50 bits per heavy atom. The van der Waals surface area contributed by atoms with Crippen molar-refractivity contribution >= 4 is 0 Å². The molecule has 3 nitrogen and oxygen atoms in total. The standard InChI is InChI=1S/C11H22N2O/c1-3-9(2)7-11(13-12)10-5-4-6-14-8-10/h10-11,13H,2-8,12H2,1H3. The molecule has 0 aromatic heterocycles. The largest absolute Gasteiger partial charge is 0.381 e. The van der Waals surface area contributed by atoms with E-state index in [1.54, 1.807) is 0 Å². The molecule has 3 N–H and O–H groups in total. The van der Waals surface area contributed by atoms with E-state index in [1.807, 2.05) is 0 Å². The van der Waals surface area contributed by atoms with Crippen molar-refractivity contribution in [2.45, 2.75) is 38.6 Å². The second kappa shape index (κ2) is 6.17. The molecule has 1 aliphatic rings. The number of hydrogen-bond acceptors (Lipinski definition) is 3. The number of ether oxygens (including phenoxy) is 1. The van der Waals surface area contributed by atoms with Crippen LogP contribution in [0.3, 0.4) is 0 Å². The van der Waals surface area contributed by atoms with Crippen molar-refractivity contribution in [3.8, 4) is 0 Å². The minimum Gasteiger partial charge on any atom is -0.381 e. The molecule has 0 bridgehead atoms.